The molecule has 1 aromatic rings. The van der Waals surface area contributed by atoms with E-state index in [2.05, 4.69) is 9.97 Å². The number of nitrogens with zero attached hydrogens (tertiary/aromatic N) is 2. The molecule has 5 nitrogen and oxygen atoms in total. The molecule has 0 atom stereocenters. The van der Waals surface area contributed by atoms with Crippen LogP contribution in [0.2, 0.25) is 0 Å². The highest BCUT2D eigenvalue weighted by Gasteiger charge is 2.20. The van der Waals surface area contributed by atoms with Crippen molar-refractivity contribution in [2.24, 2.45) is 0 Å². The van der Waals surface area contributed by atoms with E-state index in [1.54, 1.807) is 6.07 Å². The topological polar surface area (TPSA) is 70.3 Å². The van der Waals surface area contributed by atoms with Gasteiger partial charge >= 0.3 is 0 Å². The standard InChI is InChI=1S/C11H17N3O2/c1-2-15-7-10-13-9(12)6-11(14-10)16-8-4-3-5-8/h6,8H,2-5,7H2,1H3,(H2,12,13,14). The highest BCUT2D eigenvalue weighted by atomic mass is 16.5. The van der Waals surface area contributed by atoms with Gasteiger partial charge in [0.15, 0.2) is 5.82 Å². The number of ether oxygens (including phenoxy) is 2. The summed E-state index contributed by atoms with van der Waals surface area (Å²) in [4.78, 5) is 8.34. The van der Waals surface area contributed by atoms with Gasteiger partial charge in [0, 0.05) is 12.7 Å². The average molecular weight is 223 g/mol. The lowest BCUT2D eigenvalue weighted by Crippen LogP contribution is -2.25. The largest absolute Gasteiger partial charge is 0.474 e. The summed E-state index contributed by atoms with van der Waals surface area (Å²) >= 11 is 0. The Balaban J connectivity index is 2.02. The van der Waals surface area contributed by atoms with Gasteiger partial charge in [-0.25, -0.2) is 4.98 Å². The molecule has 1 aliphatic rings. The quantitative estimate of drug-likeness (QED) is 0.819. The van der Waals surface area contributed by atoms with Crippen molar-refractivity contribution in [1.29, 1.82) is 0 Å². The molecule has 0 aliphatic heterocycles. The van der Waals surface area contributed by atoms with Crippen LogP contribution < -0.4 is 10.5 Å². The Labute approximate surface area is 95.0 Å². The fourth-order valence-electron chi connectivity index (χ4n) is 1.47. The van der Waals surface area contributed by atoms with E-state index in [-0.39, 0.29) is 0 Å². The predicted octanol–water partition coefficient (Wildman–Crippen LogP) is 1.53. The van der Waals surface area contributed by atoms with Crippen LogP contribution in [0.1, 0.15) is 32.0 Å². The molecule has 0 radical (unpaired) electrons. The fourth-order valence-corrected chi connectivity index (χ4v) is 1.47. The molecule has 88 valence electrons. The Morgan fingerprint density at radius 3 is 2.88 bits per heavy atom. The summed E-state index contributed by atoms with van der Waals surface area (Å²) in [6, 6.07) is 1.66. The molecule has 1 aliphatic carbocycles. The fraction of sp³-hybridized carbons (Fsp3) is 0.636. The zero-order valence-corrected chi connectivity index (χ0v) is 9.48. The minimum Gasteiger partial charge on any atom is -0.474 e. The summed E-state index contributed by atoms with van der Waals surface area (Å²) < 4.78 is 10.9. The number of nitrogens with two attached hydrogens (primary N) is 1. The van der Waals surface area contributed by atoms with Gasteiger partial charge in [0.25, 0.3) is 0 Å². The molecule has 0 unspecified atom stereocenters. The third-order valence-electron chi connectivity index (χ3n) is 2.54. The SMILES string of the molecule is CCOCc1nc(N)cc(OC2CCC2)n1. The molecular formula is C11H17N3O2. The van der Waals surface area contributed by atoms with Crippen LogP contribution in [-0.2, 0) is 11.3 Å². The van der Waals surface area contributed by atoms with Crippen molar-refractivity contribution in [3.8, 4) is 5.88 Å². The second kappa shape index (κ2) is 5.12. The molecule has 0 amide bonds. The maximum atomic E-state index is 5.68. The van der Waals surface area contributed by atoms with E-state index in [9.17, 15) is 0 Å². The van der Waals surface area contributed by atoms with Crippen molar-refractivity contribution < 1.29 is 9.47 Å². The van der Waals surface area contributed by atoms with Gasteiger partial charge in [-0.15, -0.1) is 0 Å². The molecule has 1 saturated carbocycles. The number of hydrogen-bond donors (Lipinski definition) is 1. The molecule has 1 fully saturated rings. The first-order valence-electron chi connectivity index (χ1n) is 5.65. The highest BCUT2D eigenvalue weighted by Crippen LogP contribution is 2.24. The van der Waals surface area contributed by atoms with E-state index in [0.717, 1.165) is 12.8 Å². The Hall–Kier alpha value is -1.36. The average Bonchev–Trinajstić information content (AvgIpc) is 2.20. The van der Waals surface area contributed by atoms with E-state index in [0.29, 0.717) is 36.8 Å². The zero-order chi connectivity index (χ0) is 11.4. The molecule has 16 heavy (non-hydrogen) atoms. The minimum absolute atomic E-state index is 0.300. The smallest absolute Gasteiger partial charge is 0.219 e. The van der Waals surface area contributed by atoms with Gasteiger partial charge in [-0.3, -0.25) is 0 Å². The van der Waals surface area contributed by atoms with E-state index in [4.69, 9.17) is 15.2 Å². The molecular weight excluding hydrogens is 206 g/mol. The number of hydrogen-bond acceptors (Lipinski definition) is 5. The molecule has 5 heteroatoms. The van der Waals surface area contributed by atoms with Crippen LogP contribution >= 0.6 is 0 Å². The van der Waals surface area contributed by atoms with Crippen molar-refractivity contribution >= 4 is 5.82 Å². The Bertz CT molecular complexity index is 353. The molecule has 0 spiro atoms. The Morgan fingerprint density at radius 1 is 1.44 bits per heavy atom. The van der Waals surface area contributed by atoms with Gasteiger partial charge in [-0.05, 0) is 26.2 Å². The van der Waals surface area contributed by atoms with Gasteiger partial charge in [0.1, 0.15) is 18.5 Å². The van der Waals surface area contributed by atoms with Crippen molar-refractivity contribution in [2.45, 2.75) is 38.9 Å². The summed E-state index contributed by atoms with van der Waals surface area (Å²) in [5.74, 6) is 1.57. The second-order valence-corrected chi connectivity index (χ2v) is 3.86. The monoisotopic (exact) mass is 223 g/mol. The van der Waals surface area contributed by atoms with Gasteiger partial charge in [0.05, 0.1) is 0 Å². The Kier molecular flexibility index (Phi) is 3.56. The van der Waals surface area contributed by atoms with Crippen LogP contribution in [-0.4, -0.2) is 22.7 Å². The zero-order valence-electron chi connectivity index (χ0n) is 9.48. The molecule has 0 aromatic carbocycles. The van der Waals surface area contributed by atoms with Crippen LogP contribution in [0.4, 0.5) is 5.82 Å². The van der Waals surface area contributed by atoms with Gasteiger partial charge in [-0.1, -0.05) is 0 Å². The van der Waals surface area contributed by atoms with Crippen molar-refractivity contribution in [3.05, 3.63) is 11.9 Å². The van der Waals surface area contributed by atoms with Crippen LogP contribution in [0, 0.1) is 0 Å². The maximum absolute atomic E-state index is 5.68. The van der Waals surface area contributed by atoms with E-state index >= 15 is 0 Å². The number of nitrogen functional groups attached to an aromatic ring is 1. The molecule has 1 heterocycles. The van der Waals surface area contributed by atoms with Crippen LogP contribution in [0.3, 0.4) is 0 Å². The molecule has 0 saturated heterocycles. The van der Waals surface area contributed by atoms with Crippen molar-refractivity contribution in [1.82, 2.24) is 9.97 Å². The van der Waals surface area contributed by atoms with Gasteiger partial charge in [0.2, 0.25) is 5.88 Å². The summed E-state index contributed by atoms with van der Waals surface area (Å²) in [5.41, 5.74) is 5.68. The lowest BCUT2D eigenvalue weighted by molar-refractivity contribution is 0.109. The van der Waals surface area contributed by atoms with Crippen LogP contribution in [0.25, 0.3) is 0 Å². The lowest BCUT2D eigenvalue weighted by Gasteiger charge is -2.25. The van der Waals surface area contributed by atoms with Crippen LogP contribution in [0.5, 0.6) is 5.88 Å². The first kappa shape index (κ1) is 11.1. The molecule has 1 aromatic heterocycles. The molecule has 2 rings (SSSR count). The molecule has 2 N–H and O–H groups in total. The molecule has 0 bridgehead atoms. The third kappa shape index (κ3) is 2.82. The summed E-state index contributed by atoms with van der Waals surface area (Å²) in [7, 11) is 0. The predicted molar refractivity (Wildman–Crippen MR) is 60.0 cm³/mol. The maximum Gasteiger partial charge on any atom is 0.219 e. The highest BCUT2D eigenvalue weighted by molar-refractivity contribution is 5.32. The van der Waals surface area contributed by atoms with E-state index in [1.165, 1.54) is 6.42 Å². The number of rotatable bonds is 5. The van der Waals surface area contributed by atoms with Gasteiger partial charge in [-0.2, -0.15) is 4.98 Å². The minimum atomic E-state index is 0.300. The van der Waals surface area contributed by atoms with Crippen molar-refractivity contribution in [3.63, 3.8) is 0 Å². The first-order valence-corrected chi connectivity index (χ1v) is 5.65. The van der Waals surface area contributed by atoms with Crippen LogP contribution in [0.15, 0.2) is 6.07 Å². The first-order chi connectivity index (χ1) is 7.78. The number of anilines is 1. The summed E-state index contributed by atoms with van der Waals surface area (Å²) in [5, 5.41) is 0. The third-order valence-corrected chi connectivity index (χ3v) is 2.54. The Morgan fingerprint density at radius 2 is 2.25 bits per heavy atom. The van der Waals surface area contributed by atoms with Crippen molar-refractivity contribution in [2.75, 3.05) is 12.3 Å². The normalized spacial score (nSPS) is 15.8. The van der Waals surface area contributed by atoms with E-state index in [1.807, 2.05) is 6.92 Å². The summed E-state index contributed by atoms with van der Waals surface area (Å²) in [6.45, 7) is 2.94. The number of aromatic nitrogens is 2. The summed E-state index contributed by atoms with van der Waals surface area (Å²) in [6.07, 6.45) is 3.74. The van der Waals surface area contributed by atoms with E-state index < -0.39 is 0 Å². The van der Waals surface area contributed by atoms with Gasteiger partial charge < -0.3 is 15.2 Å². The lowest BCUT2D eigenvalue weighted by atomic mass is 9.96. The second-order valence-electron chi connectivity index (χ2n) is 3.86.